The van der Waals surface area contributed by atoms with Crippen molar-refractivity contribution < 1.29 is 8.42 Å². The molecular formula is C23H22N4O2S. The second kappa shape index (κ2) is 6.95. The first-order chi connectivity index (χ1) is 14.5. The Bertz CT molecular complexity index is 1340. The lowest BCUT2D eigenvalue weighted by molar-refractivity contribution is 0.594. The molecule has 0 N–H and O–H groups in total. The number of anilines is 1. The van der Waals surface area contributed by atoms with Crippen molar-refractivity contribution in [2.45, 2.75) is 23.7 Å². The third-order valence-corrected chi connectivity index (χ3v) is 7.43. The molecule has 1 saturated carbocycles. The maximum atomic E-state index is 13.2. The Hall–Kier alpha value is -3.19. The molecule has 1 aliphatic carbocycles. The normalized spacial score (nSPS) is 14.2. The van der Waals surface area contributed by atoms with Crippen molar-refractivity contribution in [2.24, 2.45) is 7.05 Å². The Labute approximate surface area is 175 Å². The van der Waals surface area contributed by atoms with E-state index in [4.69, 9.17) is 4.98 Å². The average Bonchev–Trinajstić information content (AvgIpc) is 3.56. The Kier molecular flexibility index (Phi) is 4.36. The number of imidazole rings is 1. The minimum atomic E-state index is -3.73. The van der Waals surface area contributed by atoms with Gasteiger partial charge in [-0.3, -0.25) is 4.31 Å². The molecule has 1 aliphatic rings. The fourth-order valence-electron chi connectivity index (χ4n) is 3.80. The molecule has 0 radical (unpaired) electrons. The lowest BCUT2D eigenvalue weighted by Crippen LogP contribution is -2.27. The van der Waals surface area contributed by atoms with Crippen LogP contribution < -0.4 is 4.31 Å². The highest BCUT2D eigenvalue weighted by Gasteiger charge is 2.29. The van der Waals surface area contributed by atoms with Crippen molar-refractivity contribution in [1.29, 1.82) is 0 Å². The average molecular weight is 419 g/mol. The highest BCUT2D eigenvalue weighted by atomic mass is 32.2. The predicted molar refractivity (Wildman–Crippen MR) is 118 cm³/mol. The van der Waals surface area contributed by atoms with E-state index in [-0.39, 0.29) is 4.90 Å². The summed E-state index contributed by atoms with van der Waals surface area (Å²) in [6.45, 7) is 0. The monoisotopic (exact) mass is 418 g/mol. The Balaban J connectivity index is 1.71. The number of aryl methyl sites for hydroxylation is 1. The number of pyridine rings is 1. The third-order valence-electron chi connectivity index (χ3n) is 5.66. The van der Waals surface area contributed by atoms with E-state index in [0.29, 0.717) is 11.7 Å². The van der Waals surface area contributed by atoms with Crippen molar-refractivity contribution in [1.82, 2.24) is 14.5 Å². The highest BCUT2D eigenvalue weighted by Crippen LogP contribution is 2.45. The van der Waals surface area contributed by atoms with Crippen LogP contribution in [0.15, 0.2) is 71.9 Å². The van der Waals surface area contributed by atoms with Gasteiger partial charge in [0.1, 0.15) is 17.0 Å². The summed E-state index contributed by atoms with van der Waals surface area (Å²) in [5, 5.41) is 0. The van der Waals surface area contributed by atoms with Gasteiger partial charge in [-0.2, -0.15) is 0 Å². The van der Waals surface area contributed by atoms with Crippen molar-refractivity contribution >= 4 is 26.9 Å². The fourth-order valence-corrected chi connectivity index (χ4v) is 4.96. The quantitative estimate of drug-likeness (QED) is 0.484. The zero-order valence-corrected chi connectivity index (χ0v) is 17.7. The van der Waals surface area contributed by atoms with Gasteiger partial charge >= 0.3 is 0 Å². The van der Waals surface area contributed by atoms with Gasteiger partial charge < -0.3 is 4.57 Å². The van der Waals surface area contributed by atoms with E-state index in [1.54, 1.807) is 49.8 Å². The van der Waals surface area contributed by atoms with Crippen LogP contribution in [0.2, 0.25) is 0 Å². The van der Waals surface area contributed by atoms with Crippen LogP contribution in [0.4, 0.5) is 5.82 Å². The van der Waals surface area contributed by atoms with E-state index in [1.165, 1.54) is 22.7 Å². The van der Waals surface area contributed by atoms with Crippen molar-refractivity contribution in [2.75, 3.05) is 11.4 Å². The summed E-state index contributed by atoms with van der Waals surface area (Å²) in [6, 6.07) is 18.4. The molecule has 7 heteroatoms. The van der Waals surface area contributed by atoms with Gasteiger partial charge in [0.05, 0.1) is 16.7 Å². The number of nitrogens with zero attached hydrogens (tertiary/aromatic N) is 4. The van der Waals surface area contributed by atoms with Crippen LogP contribution in [0.1, 0.15) is 24.3 Å². The number of benzene rings is 2. The number of hydrogen-bond acceptors (Lipinski definition) is 4. The minimum absolute atomic E-state index is 0.235. The summed E-state index contributed by atoms with van der Waals surface area (Å²) >= 11 is 0. The van der Waals surface area contributed by atoms with Gasteiger partial charge in [0.15, 0.2) is 0 Å². The van der Waals surface area contributed by atoms with Crippen LogP contribution in [-0.2, 0) is 17.1 Å². The van der Waals surface area contributed by atoms with Crippen LogP contribution in [0.3, 0.4) is 0 Å². The van der Waals surface area contributed by atoms with Gasteiger partial charge in [-0.05, 0) is 36.5 Å². The summed E-state index contributed by atoms with van der Waals surface area (Å²) in [5.41, 5.74) is 4.62. The minimum Gasteiger partial charge on any atom is -0.334 e. The zero-order valence-electron chi connectivity index (χ0n) is 16.9. The first kappa shape index (κ1) is 18.8. The molecule has 0 spiro atoms. The number of rotatable bonds is 5. The zero-order chi connectivity index (χ0) is 20.9. The number of sulfonamides is 1. The molecule has 0 unspecified atom stereocenters. The molecule has 0 atom stereocenters. The summed E-state index contributed by atoms with van der Waals surface area (Å²) in [5.74, 6) is 0.909. The third kappa shape index (κ3) is 3.06. The van der Waals surface area contributed by atoms with Gasteiger partial charge in [-0.15, -0.1) is 0 Å². The molecule has 0 bridgehead atoms. The molecule has 5 rings (SSSR count). The molecule has 2 aromatic heterocycles. The standard InChI is InChI=1S/C23H22N4O2S/c1-26-15-24-23-20(26)14-21(27(2)30(28,29)17-8-4-3-5-9-17)25-22(23)19-11-7-6-10-18(19)16-12-13-16/h3-11,14-16H,12-13H2,1-2H3. The number of fused-ring (bicyclic) bond motifs is 1. The van der Waals surface area contributed by atoms with Crippen LogP contribution in [0.25, 0.3) is 22.3 Å². The summed E-state index contributed by atoms with van der Waals surface area (Å²) < 4.78 is 29.5. The van der Waals surface area contributed by atoms with E-state index in [2.05, 4.69) is 17.1 Å². The van der Waals surface area contributed by atoms with Gasteiger partial charge in [0.25, 0.3) is 10.0 Å². The maximum Gasteiger partial charge on any atom is 0.265 e. The summed E-state index contributed by atoms with van der Waals surface area (Å²) in [4.78, 5) is 9.62. The Morgan fingerprint density at radius 3 is 2.47 bits per heavy atom. The molecule has 30 heavy (non-hydrogen) atoms. The molecule has 1 fully saturated rings. The second-order valence-corrected chi connectivity index (χ2v) is 9.67. The SMILES string of the molecule is CN(c1cc2c(ncn2C)c(-c2ccccc2C2CC2)n1)S(=O)(=O)c1ccccc1. The number of hydrogen-bond donors (Lipinski definition) is 0. The molecular weight excluding hydrogens is 396 g/mol. The predicted octanol–water partition coefficient (Wildman–Crippen LogP) is 4.34. The lowest BCUT2D eigenvalue weighted by Gasteiger charge is -2.20. The topological polar surface area (TPSA) is 68.1 Å². The van der Waals surface area contributed by atoms with Gasteiger partial charge in [-0.25, -0.2) is 18.4 Å². The van der Waals surface area contributed by atoms with Gasteiger partial charge in [0.2, 0.25) is 0 Å². The molecule has 2 aromatic carbocycles. The summed E-state index contributed by atoms with van der Waals surface area (Å²) in [6.07, 6.45) is 4.08. The van der Waals surface area contributed by atoms with Gasteiger partial charge in [0, 0.05) is 25.7 Å². The fraction of sp³-hybridized carbons (Fsp3) is 0.217. The maximum absolute atomic E-state index is 13.2. The van der Waals surface area contributed by atoms with Crippen molar-refractivity contribution in [3.63, 3.8) is 0 Å². The Morgan fingerprint density at radius 2 is 1.73 bits per heavy atom. The highest BCUT2D eigenvalue weighted by molar-refractivity contribution is 7.92. The molecule has 0 amide bonds. The van der Waals surface area contributed by atoms with Crippen LogP contribution in [0, 0.1) is 0 Å². The largest absolute Gasteiger partial charge is 0.334 e. The molecule has 0 saturated heterocycles. The van der Waals surface area contributed by atoms with E-state index >= 15 is 0 Å². The van der Waals surface area contributed by atoms with Crippen molar-refractivity contribution in [3.8, 4) is 11.3 Å². The molecule has 6 nitrogen and oxygen atoms in total. The van der Waals surface area contributed by atoms with E-state index in [9.17, 15) is 8.42 Å². The lowest BCUT2D eigenvalue weighted by atomic mass is 9.99. The van der Waals surface area contributed by atoms with Crippen LogP contribution in [0.5, 0.6) is 0 Å². The first-order valence-corrected chi connectivity index (χ1v) is 11.4. The van der Waals surface area contributed by atoms with E-state index < -0.39 is 10.0 Å². The van der Waals surface area contributed by atoms with Gasteiger partial charge in [-0.1, -0.05) is 42.5 Å². The smallest absolute Gasteiger partial charge is 0.265 e. The van der Waals surface area contributed by atoms with Crippen molar-refractivity contribution in [3.05, 3.63) is 72.6 Å². The Morgan fingerprint density at radius 1 is 1.03 bits per heavy atom. The van der Waals surface area contributed by atoms with E-state index in [1.807, 2.05) is 23.7 Å². The van der Waals surface area contributed by atoms with Crippen LogP contribution >= 0.6 is 0 Å². The first-order valence-electron chi connectivity index (χ1n) is 9.92. The van der Waals surface area contributed by atoms with Crippen LogP contribution in [-0.4, -0.2) is 30.0 Å². The number of aromatic nitrogens is 3. The molecule has 4 aromatic rings. The molecule has 0 aliphatic heterocycles. The molecule has 152 valence electrons. The van der Waals surface area contributed by atoms with E-state index in [0.717, 1.165) is 22.3 Å². The molecule has 2 heterocycles. The summed E-state index contributed by atoms with van der Waals surface area (Å²) in [7, 11) is -0.279. The second-order valence-electron chi connectivity index (χ2n) is 7.70.